The van der Waals surface area contributed by atoms with Gasteiger partial charge in [0, 0.05) is 47.7 Å². The molecule has 2 N–H and O–H groups in total. The largest absolute Gasteiger partial charge is 0.483 e. The fraction of sp³-hybridized carbons (Fsp3) is 0.355. The lowest BCUT2D eigenvalue weighted by Crippen LogP contribution is -2.36. The normalized spacial score (nSPS) is 12.3. The summed E-state index contributed by atoms with van der Waals surface area (Å²) in [7, 11) is 0.416. The number of rotatable bonds is 8. The number of thioether (sulfide) groups is 1. The average Bonchev–Trinajstić information content (AvgIpc) is 3.32. The first-order chi connectivity index (χ1) is 19.7. The summed E-state index contributed by atoms with van der Waals surface area (Å²) in [5.41, 5.74) is 7.29. The number of alkyl carbamates (subject to hydrolysis) is 1. The fourth-order valence-electron chi connectivity index (χ4n) is 3.77. The topological polar surface area (TPSA) is 103 Å². The predicted octanol–water partition coefficient (Wildman–Crippen LogP) is 6.94. The van der Waals surface area contributed by atoms with Crippen molar-refractivity contribution in [2.75, 3.05) is 11.3 Å². The Morgan fingerprint density at radius 1 is 1.12 bits per heavy atom. The molecule has 1 amide bonds. The van der Waals surface area contributed by atoms with Crippen LogP contribution in [0.4, 0.5) is 16.4 Å². The smallest absolute Gasteiger partial charge is 0.408 e. The van der Waals surface area contributed by atoms with Gasteiger partial charge in [-0.15, -0.1) is 5.54 Å². The van der Waals surface area contributed by atoms with E-state index in [0.29, 0.717) is 17.6 Å². The van der Waals surface area contributed by atoms with Gasteiger partial charge >= 0.3 is 6.09 Å². The Bertz CT molecular complexity index is 1630. The molecule has 4 rings (SSSR count). The van der Waals surface area contributed by atoms with Crippen molar-refractivity contribution in [3.63, 3.8) is 0 Å². The van der Waals surface area contributed by atoms with Crippen molar-refractivity contribution >= 4 is 48.5 Å². The molecule has 0 aliphatic rings. The summed E-state index contributed by atoms with van der Waals surface area (Å²) in [5.74, 6) is 4.74. The van der Waals surface area contributed by atoms with Gasteiger partial charge in [0.15, 0.2) is 0 Å². The molecule has 11 heteroatoms. The second kappa shape index (κ2) is 12.9. The van der Waals surface area contributed by atoms with Gasteiger partial charge in [-0.2, -0.15) is 5.10 Å². The summed E-state index contributed by atoms with van der Waals surface area (Å²) < 4.78 is 13.2. The molecule has 2 aromatic heterocycles. The Morgan fingerprint density at radius 3 is 2.60 bits per heavy atom. The van der Waals surface area contributed by atoms with Gasteiger partial charge in [0.2, 0.25) is 5.95 Å². The highest BCUT2D eigenvalue weighted by Gasteiger charge is 2.18. The Labute approximate surface area is 252 Å². The molecule has 0 saturated heterocycles. The van der Waals surface area contributed by atoms with E-state index >= 15 is 0 Å². The zero-order chi connectivity index (χ0) is 30.5. The van der Waals surface area contributed by atoms with Crippen LogP contribution in [0.1, 0.15) is 33.3 Å². The molecular formula is C31H38N6O3SSi. The third-order valence-electron chi connectivity index (χ3n) is 5.63. The van der Waals surface area contributed by atoms with E-state index in [-0.39, 0.29) is 5.37 Å². The molecule has 42 heavy (non-hydrogen) atoms. The van der Waals surface area contributed by atoms with E-state index < -0.39 is 19.8 Å². The van der Waals surface area contributed by atoms with E-state index in [1.54, 1.807) is 10.9 Å². The van der Waals surface area contributed by atoms with Crippen LogP contribution < -0.4 is 15.4 Å². The molecule has 2 aromatic carbocycles. The van der Waals surface area contributed by atoms with Crippen LogP contribution >= 0.6 is 11.8 Å². The fourth-order valence-corrected chi connectivity index (χ4v) is 4.88. The van der Waals surface area contributed by atoms with Crippen molar-refractivity contribution in [1.29, 1.82) is 0 Å². The number of anilines is 2. The number of aryl methyl sites for hydroxylation is 1. The van der Waals surface area contributed by atoms with Gasteiger partial charge in [0.05, 0.1) is 17.1 Å². The molecule has 2 heterocycles. The molecule has 0 radical (unpaired) electrons. The lowest BCUT2D eigenvalue weighted by Gasteiger charge is -2.21. The van der Waals surface area contributed by atoms with Crippen LogP contribution in [-0.4, -0.2) is 50.8 Å². The van der Waals surface area contributed by atoms with Crippen molar-refractivity contribution in [2.24, 2.45) is 7.05 Å². The zero-order valence-corrected chi connectivity index (χ0v) is 27.2. The zero-order valence-electron chi connectivity index (χ0n) is 25.4. The summed E-state index contributed by atoms with van der Waals surface area (Å²) in [4.78, 5) is 21.3. The number of amides is 1. The van der Waals surface area contributed by atoms with Crippen molar-refractivity contribution in [1.82, 2.24) is 25.1 Å². The molecule has 0 saturated carbocycles. The summed E-state index contributed by atoms with van der Waals surface area (Å²) in [6, 6.07) is 11.9. The number of nitrogens with zero attached hydrogens (tertiary/aromatic N) is 4. The van der Waals surface area contributed by atoms with Crippen molar-refractivity contribution in [3.8, 4) is 28.3 Å². The molecule has 220 valence electrons. The minimum atomic E-state index is -1.46. The first-order valence-corrected chi connectivity index (χ1v) is 18.2. The van der Waals surface area contributed by atoms with Crippen LogP contribution in [0.5, 0.6) is 5.75 Å². The van der Waals surface area contributed by atoms with Crippen LogP contribution in [0.15, 0.2) is 55.0 Å². The minimum Gasteiger partial charge on any atom is -0.483 e. The predicted molar refractivity (Wildman–Crippen MR) is 174 cm³/mol. The maximum Gasteiger partial charge on any atom is 0.408 e. The molecule has 0 aliphatic carbocycles. The van der Waals surface area contributed by atoms with Gasteiger partial charge in [0.25, 0.3) is 0 Å². The number of aromatic nitrogens is 4. The van der Waals surface area contributed by atoms with E-state index in [9.17, 15) is 4.79 Å². The molecule has 0 aliphatic heterocycles. The Kier molecular flexibility index (Phi) is 9.49. The van der Waals surface area contributed by atoms with Gasteiger partial charge in [-0.25, -0.2) is 14.8 Å². The highest BCUT2D eigenvalue weighted by atomic mass is 32.2. The van der Waals surface area contributed by atoms with E-state index in [0.717, 1.165) is 33.3 Å². The number of ether oxygens (including phenoxy) is 2. The Hall–Kier alpha value is -4.01. The molecular weight excluding hydrogens is 565 g/mol. The van der Waals surface area contributed by atoms with Crippen LogP contribution in [0.3, 0.4) is 0 Å². The number of hydrogen-bond donors (Lipinski definition) is 2. The number of nitrogens with one attached hydrogen (secondary N) is 2. The number of fused-ring (bicyclic) bond motifs is 1. The van der Waals surface area contributed by atoms with Crippen molar-refractivity contribution in [2.45, 2.75) is 58.3 Å². The third kappa shape index (κ3) is 9.53. The number of benzene rings is 2. The molecule has 0 spiro atoms. The second-order valence-corrected chi connectivity index (χ2v) is 18.0. The minimum absolute atomic E-state index is 0.202. The summed E-state index contributed by atoms with van der Waals surface area (Å²) >= 11 is 1.45. The molecule has 1 atom stereocenters. The SMILES string of the molecule is C[C@H](NC(=O)OC(C)(C)C)SCOc1cc(Nc2ncc3cc(C#C[Si](C)(C)C)ccc3n2)cc(-c2cnn(C)c2)c1. The molecule has 4 aromatic rings. The first-order valence-electron chi connectivity index (χ1n) is 13.7. The molecule has 0 bridgehead atoms. The number of hydrogen-bond acceptors (Lipinski definition) is 8. The Morgan fingerprint density at radius 2 is 1.90 bits per heavy atom. The highest BCUT2D eigenvalue weighted by molar-refractivity contribution is 7.99. The third-order valence-corrected chi connectivity index (χ3v) is 7.37. The molecule has 9 nitrogen and oxygen atoms in total. The lowest BCUT2D eigenvalue weighted by atomic mass is 10.1. The maximum absolute atomic E-state index is 12.1. The Balaban J connectivity index is 1.50. The van der Waals surface area contributed by atoms with Crippen molar-refractivity contribution < 1.29 is 14.3 Å². The second-order valence-electron chi connectivity index (χ2n) is 12.0. The van der Waals surface area contributed by atoms with Crippen LogP contribution in [0, 0.1) is 11.5 Å². The molecule has 0 fully saturated rings. The van der Waals surface area contributed by atoms with E-state index in [2.05, 4.69) is 51.8 Å². The first kappa shape index (κ1) is 30.9. The number of carbonyl (C=O) groups is 1. The van der Waals surface area contributed by atoms with Crippen LogP contribution in [0.25, 0.3) is 22.0 Å². The highest BCUT2D eigenvalue weighted by Crippen LogP contribution is 2.30. The van der Waals surface area contributed by atoms with Gasteiger partial charge in [-0.1, -0.05) is 37.3 Å². The summed E-state index contributed by atoms with van der Waals surface area (Å²) in [6.45, 7) is 14.1. The average molecular weight is 603 g/mol. The monoisotopic (exact) mass is 602 g/mol. The van der Waals surface area contributed by atoms with Gasteiger partial charge in [0.1, 0.15) is 25.4 Å². The molecule has 0 unspecified atom stereocenters. The van der Waals surface area contributed by atoms with Gasteiger partial charge < -0.3 is 20.1 Å². The van der Waals surface area contributed by atoms with E-state index in [1.807, 2.05) is 83.5 Å². The van der Waals surface area contributed by atoms with Crippen molar-refractivity contribution in [3.05, 3.63) is 60.6 Å². The van der Waals surface area contributed by atoms with Crippen LogP contribution in [-0.2, 0) is 11.8 Å². The quantitative estimate of drug-likeness (QED) is 0.127. The number of carbonyl (C=O) groups excluding carboxylic acids is 1. The van der Waals surface area contributed by atoms with E-state index in [4.69, 9.17) is 14.5 Å². The maximum atomic E-state index is 12.1. The van der Waals surface area contributed by atoms with Gasteiger partial charge in [-0.3, -0.25) is 4.68 Å². The van der Waals surface area contributed by atoms with E-state index in [1.165, 1.54) is 11.8 Å². The van der Waals surface area contributed by atoms with Gasteiger partial charge in [-0.05, 0) is 63.6 Å². The van der Waals surface area contributed by atoms with Crippen LogP contribution in [0.2, 0.25) is 19.6 Å². The summed E-state index contributed by atoms with van der Waals surface area (Å²) in [5, 5.41) is 11.2. The standard InChI is InChI=1S/C31H38N6O3SSi/c1-21(34-30(38)40-31(2,3)4)41-20-39-27-15-23(25-18-33-37(5)19-25)14-26(16-27)35-29-32-17-24-13-22(9-10-28(24)36-29)11-12-42(6,7)8/h9-10,13-19,21H,20H2,1-8H3,(H,34,38)(H,32,35,36)/t21-/m1/s1. The lowest BCUT2D eigenvalue weighted by molar-refractivity contribution is 0.0525. The summed E-state index contributed by atoms with van der Waals surface area (Å²) in [6.07, 6.45) is 5.10.